The molecule has 28 heavy (non-hydrogen) atoms. The summed E-state index contributed by atoms with van der Waals surface area (Å²) in [6.45, 7) is 1.49. The van der Waals surface area contributed by atoms with Crippen LogP contribution in [0.3, 0.4) is 0 Å². The van der Waals surface area contributed by atoms with Gasteiger partial charge in [0, 0.05) is 39.3 Å². The van der Waals surface area contributed by atoms with Crippen molar-refractivity contribution < 1.29 is 9.59 Å². The lowest BCUT2D eigenvalue weighted by Gasteiger charge is -2.12. The lowest BCUT2D eigenvalue weighted by Crippen LogP contribution is -2.12. The van der Waals surface area contributed by atoms with Gasteiger partial charge < -0.3 is 10.6 Å². The zero-order valence-corrected chi connectivity index (χ0v) is 17.3. The number of Topliss-reactive ketones (excluding diaryl/α,β-unsaturated/α-hetero) is 1. The molecule has 3 aromatic rings. The highest BCUT2D eigenvalue weighted by Crippen LogP contribution is 2.34. The molecule has 0 saturated carbocycles. The van der Waals surface area contributed by atoms with Crippen LogP contribution >= 0.6 is 25.3 Å². The van der Waals surface area contributed by atoms with Gasteiger partial charge in [0.25, 0.3) is 5.91 Å². The first-order valence-electron chi connectivity index (χ1n) is 8.65. The molecule has 0 fully saturated rings. The van der Waals surface area contributed by atoms with Crippen molar-refractivity contribution in [1.82, 2.24) is 0 Å². The van der Waals surface area contributed by atoms with Crippen LogP contribution in [0.5, 0.6) is 0 Å². The molecule has 0 unspecified atom stereocenters. The van der Waals surface area contributed by atoms with E-state index in [0.29, 0.717) is 16.8 Å². The molecule has 0 aromatic heterocycles. The molecule has 3 aromatic carbocycles. The number of carbonyl (C=O) groups excluding carboxylic acids is 2. The van der Waals surface area contributed by atoms with Gasteiger partial charge in [-0.3, -0.25) is 9.59 Å². The molecular formula is C22H20N2O2S2. The number of hydrogen-bond acceptors (Lipinski definition) is 5. The number of benzene rings is 3. The Balaban J connectivity index is 1.80. The second kappa shape index (κ2) is 8.54. The second-order valence-electron chi connectivity index (χ2n) is 6.30. The fourth-order valence-corrected chi connectivity index (χ4v) is 3.48. The molecular weight excluding hydrogens is 388 g/mol. The Bertz CT molecular complexity index is 1050. The lowest BCUT2D eigenvalue weighted by molar-refractivity contribution is 0.101. The number of hydrogen-bond donors (Lipinski definition) is 4. The summed E-state index contributed by atoms with van der Waals surface area (Å²) in [7, 11) is 1.86. The maximum absolute atomic E-state index is 12.4. The van der Waals surface area contributed by atoms with Gasteiger partial charge in [-0.05, 0) is 54.4 Å². The zero-order valence-electron chi connectivity index (χ0n) is 15.5. The van der Waals surface area contributed by atoms with E-state index >= 15 is 0 Å². The minimum atomic E-state index is -0.246. The second-order valence-corrected chi connectivity index (χ2v) is 7.27. The number of thiol groups is 2. The van der Waals surface area contributed by atoms with E-state index in [1.54, 1.807) is 30.3 Å². The number of ketones is 1. The predicted molar refractivity (Wildman–Crippen MR) is 120 cm³/mol. The van der Waals surface area contributed by atoms with E-state index in [0.717, 1.165) is 26.6 Å². The molecule has 0 saturated heterocycles. The van der Waals surface area contributed by atoms with E-state index in [4.69, 9.17) is 0 Å². The number of carbonyl (C=O) groups is 2. The Hall–Kier alpha value is -2.70. The van der Waals surface area contributed by atoms with Crippen molar-refractivity contribution in [1.29, 1.82) is 0 Å². The molecule has 2 N–H and O–H groups in total. The Morgan fingerprint density at radius 2 is 1.25 bits per heavy atom. The average Bonchev–Trinajstić information content (AvgIpc) is 2.68. The van der Waals surface area contributed by atoms with Gasteiger partial charge in [-0.2, -0.15) is 0 Å². The SMILES string of the molecule is CNc1ccc(-c2ccc(NC(=O)c3ccc(C(C)=O)cc3)cc2S)c(S)c1. The third-order valence-electron chi connectivity index (χ3n) is 4.39. The molecule has 0 heterocycles. The molecule has 3 rings (SSSR count). The van der Waals surface area contributed by atoms with Crippen LogP contribution in [0.15, 0.2) is 70.5 Å². The van der Waals surface area contributed by atoms with Crippen molar-refractivity contribution in [3.8, 4) is 11.1 Å². The van der Waals surface area contributed by atoms with Crippen LogP contribution in [-0.2, 0) is 0 Å². The van der Waals surface area contributed by atoms with Gasteiger partial charge >= 0.3 is 0 Å². The van der Waals surface area contributed by atoms with Crippen molar-refractivity contribution in [2.24, 2.45) is 0 Å². The van der Waals surface area contributed by atoms with Crippen molar-refractivity contribution in [3.05, 3.63) is 71.8 Å². The first-order chi connectivity index (χ1) is 13.4. The summed E-state index contributed by atoms with van der Waals surface area (Å²) < 4.78 is 0. The van der Waals surface area contributed by atoms with Gasteiger partial charge in [-0.15, -0.1) is 25.3 Å². The molecule has 6 heteroatoms. The van der Waals surface area contributed by atoms with Crippen LogP contribution in [0.1, 0.15) is 27.6 Å². The van der Waals surface area contributed by atoms with E-state index in [1.165, 1.54) is 6.92 Å². The fourth-order valence-electron chi connectivity index (χ4n) is 2.81. The number of rotatable bonds is 5. The summed E-state index contributed by atoms with van der Waals surface area (Å²) in [5.74, 6) is -0.280. The first-order valence-corrected chi connectivity index (χ1v) is 9.55. The summed E-state index contributed by atoms with van der Waals surface area (Å²) in [6.07, 6.45) is 0. The van der Waals surface area contributed by atoms with Gasteiger partial charge in [-0.1, -0.05) is 24.3 Å². The smallest absolute Gasteiger partial charge is 0.255 e. The molecule has 0 radical (unpaired) electrons. The Morgan fingerprint density at radius 1 is 0.750 bits per heavy atom. The summed E-state index contributed by atoms with van der Waals surface area (Å²) in [4.78, 5) is 25.4. The molecule has 0 aliphatic heterocycles. The highest BCUT2D eigenvalue weighted by molar-refractivity contribution is 7.80. The minimum Gasteiger partial charge on any atom is -0.388 e. The van der Waals surface area contributed by atoms with Gasteiger partial charge in [0.05, 0.1) is 0 Å². The molecule has 0 aliphatic rings. The van der Waals surface area contributed by atoms with E-state index < -0.39 is 0 Å². The quantitative estimate of drug-likeness (QED) is 0.336. The minimum absolute atomic E-state index is 0.0337. The van der Waals surface area contributed by atoms with Crippen LogP contribution in [0.4, 0.5) is 11.4 Å². The maximum Gasteiger partial charge on any atom is 0.255 e. The van der Waals surface area contributed by atoms with Crippen LogP contribution in [0, 0.1) is 0 Å². The van der Waals surface area contributed by atoms with Gasteiger partial charge in [-0.25, -0.2) is 0 Å². The molecule has 0 spiro atoms. The molecule has 0 bridgehead atoms. The number of anilines is 2. The van der Waals surface area contributed by atoms with Crippen LogP contribution < -0.4 is 10.6 Å². The van der Waals surface area contributed by atoms with E-state index in [2.05, 4.69) is 35.9 Å². The molecule has 142 valence electrons. The third-order valence-corrected chi connectivity index (χ3v) is 5.13. The Labute approximate surface area is 175 Å². The molecule has 1 amide bonds. The van der Waals surface area contributed by atoms with E-state index in [9.17, 15) is 9.59 Å². The largest absolute Gasteiger partial charge is 0.388 e. The van der Waals surface area contributed by atoms with Crippen molar-refractivity contribution in [2.75, 3.05) is 17.7 Å². The summed E-state index contributed by atoms with van der Waals surface area (Å²) in [5, 5.41) is 5.94. The topological polar surface area (TPSA) is 58.2 Å². The van der Waals surface area contributed by atoms with Gasteiger partial charge in [0.2, 0.25) is 0 Å². The standard InChI is InChI=1S/C22H20N2O2S2/c1-13(25)14-3-5-15(6-4-14)22(26)24-17-8-10-19(21(28)12-17)18-9-7-16(23-2)11-20(18)27/h3-12,23,27-28H,1-2H3,(H,24,26). The van der Waals surface area contributed by atoms with Crippen LogP contribution in [0.25, 0.3) is 11.1 Å². The normalized spacial score (nSPS) is 10.4. The van der Waals surface area contributed by atoms with Crippen molar-refractivity contribution in [2.45, 2.75) is 16.7 Å². The zero-order chi connectivity index (χ0) is 20.3. The van der Waals surface area contributed by atoms with Crippen LogP contribution in [-0.4, -0.2) is 18.7 Å². The van der Waals surface area contributed by atoms with E-state index in [-0.39, 0.29) is 11.7 Å². The van der Waals surface area contributed by atoms with E-state index in [1.807, 2.05) is 37.4 Å². The van der Waals surface area contributed by atoms with Crippen molar-refractivity contribution >= 4 is 48.3 Å². The Kier molecular flexibility index (Phi) is 6.11. The lowest BCUT2D eigenvalue weighted by atomic mass is 10.0. The summed E-state index contributed by atoms with van der Waals surface area (Å²) >= 11 is 9.15. The Morgan fingerprint density at radius 3 is 1.75 bits per heavy atom. The highest BCUT2D eigenvalue weighted by Gasteiger charge is 2.11. The van der Waals surface area contributed by atoms with Gasteiger partial charge in [0.1, 0.15) is 0 Å². The molecule has 0 atom stereocenters. The highest BCUT2D eigenvalue weighted by atomic mass is 32.1. The van der Waals surface area contributed by atoms with Crippen molar-refractivity contribution in [3.63, 3.8) is 0 Å². The third kappa shape index (κ3) is 4.40. The first kappa shape index (κ1) is 20.0. The predicted octanol–water partition coefficient (Wildman–Crippen LogP) is 5.43. The van der Waals surface area contributed by atoms with Gasteiger partial charge in [0.15, 0.2) is 5.78 Å². The monoisotopic (exact) mass is 408 g/mol. The molecule has 4 nitrogen and oxygen atoms in total. The number of nitrogens with one attached hydrogen (secondary N) is 2. The fraction of sp³-hybridized carbons (Fsp3) is 0.0909. The van der Waals surface area contributed by atoms with Crippen LogP contribution in [0.2, 0.25) is 0 Å². The maximum atomic E-state index is 12.4. The number of amides is 1. The average molecular weight is 409 g/mol. The summed E-state index contributed by atoms with van der Waals surface area (Å²) in [5.41, 5.74) is 4.57. The summed E-state index contributed by atoms with van der Waals surface area (Å²) in [6, 6.07) is 18.0. The molecule has 0 aliphatic carbocycles.